The van der Waals surface area contributed by atoms with Gasteiger partial charge < -0.3 is 15.2 Å². The highest BCUT2D eigenvalue weighted by Gasteiger charge is 2.33. The summed E-state index contributed by atoms with van der Waals surface area (Å²) >= 11 is 0. The second-order valence-electron chi connectivity index (χ2n) is 7.68. The maximum atomic E-state index is 12.4. The first-order chi connectivity index (χ1) is 15.2. The average Bonchev–Trinajstić information content (AvgIpc) is 3.19. The van der Waals surface area contributed by atoms with Gasteiger partial charge in [0.25, 0.3) is 5.91 Å². The quantitative estimate of drug-likeness (QED) is 0.499. The number of nitrogens with zero attached hydrogens (tertiary/aromatic N) is 6. The van der Waals surface area contributed by atoms with Crippen molar-refractivity contribution in [1.29, 1.82) is 0 Å². The van der Waals surface area contributed by atoms with Crippen molar-refractivity contribution < 1.29 is 4.79 Å². The number of rotatable bonds is 6. The molecule has 0 saturated heterocycles. The second-order valence-corrected chi connectivity index (χ2v) is 7.68. The van der Waals surface area contributed by atoms with E-state index in [2.05, 4.69) is 40.1 Å². The Morgan fingerprint density at radius 3 is 2.81 bits per heavy atom. The first kappa shape index (κ1) is 19.1. The summed E-state index contributed by atoms with van der Waals surface area (Å²) in [5.74, 6) is 0.551. The Morgan fingerprint density at radius 2 is 2.00 bits per heavy atom. The lowest BCUT2D eigenvalue weighted by Gasteiger charge is -2.36. The van der Waals surface area contributed by atoms with Crippen molar-refractivity contribution in [2.75, 3.05) is 5.32 Å². The lowest BCUT2D eigenvalue weighted by atomic mass is 9.86. The zero-order valence-corrected chi connectivity index (χ0v) is 17.1. The first-order valence-electron chi connectivity index (χ1n) is 10.2. The standard InChI is InChI=1S/C22H22N8O/c1-14-5-4-7-18(28-14)22(31)29-16-9-17(10-16)30-13-27-19-20(25-12-26-21(19)30)24-11-15-6-2-3-8-23-15/h2-8,12-13,16-17H,9-11H2,1H3,(H,29,31)(H,24,25,26). The molecule has 0 aromatic carbocycles. The van der Waals surface area contributed by atoms with Crippen LogP contribution < -0.4 is 10.6 Å². The van der Waals surface area contributed by atoms with E-state index in [1.54, 1.807) is 24.9 Å². The molecule has 9 heteroatoms. The molecule has 0 atom stereocenters. The molecule has 4 aromatic rings. The fraction of sp³-hybridized carbons (Fsp3) is 0.273. The Hall–Kier alpha value is -3.88. The molecule has 1 aliphatic carbocycles. The smallest absolute Gasteiger partial charge is 0.270 e. The van der Waals surface area contributed by atoms with Gasteiger partial charge in [0, 0.05) is 24.0 Å². The Bertz CT molecular complexity index is 1220. The van der Waals surface area contributed by atoms with Crippen molar-refractivity contribution in [3.63, 3.8) is 0 Å². The minimum Gasteiger partial charge on any atom is -0.362 e. The van der Waals surface area contributed by atoms with E-state index in [-0.39, 0.29) is 18.0 Å². The summed E-state index contributed by atoms with van der Waals surface area (Å²) in [7, 11) is 0. The molecular formula is C22H22N8O. The summed E-state index contributed by atoms with van der Waals surface area (Å²) < 4.78 is 2.07. The molecule has 0 spiro atoms. The van der Waals surface area contributed by atoms with E-state index >= 15 is 0 Å². The van der Waals surface area contributed by atoms with E-state index in [0.29, 0.717) is 18.1 Å². The molecule has 4 heterocycles. The first-order valence-corrected chi connectivity index (χ1v) is 10.2. The van der Waals surface area contributed by atoms with Crippen molar-refractivity contribution in [1.82, 2.24) is 34.8 Å². The van der Waals surface area contributed by atoms with E-state index in [4.69, 9.17) is 0 Å². The average molecular weight is 414 g/mol. The predicted octanol–water partition coefficient (Wildman–Crippen LogP) is 2.67. The van der Waals surface area contributed by atoms with Gasteiger partial charge in [0.15, 0.2) is 11.5 Å². The molecule has 0 radical (unpaired) electrons. The third kappa shape index (κ3) is 3.94. The van der Waals surface area contributed by atoms with Crippen LogP contribution in [0.2, 0.25) is 0 Å². The van der Waals surface area contributed by atoms with Crippen molar-refractivity contribution >= 4 is 22.9 Å². The van der Waals surface area contributed by atoms with Crippen molar-refractivity contribution in [2.24, 2.45) is 0 Å². The molecule has 1 saturated carbocycles. The van der Waals surface area contributed by atoms with Crippen molar-refractivity contribution in [2.45, 2.75) is 38.4 Å². The number of fused-ring (bicyclic) bond motifs is 1. The molecule has 1 fully saturated rings. The van der Waals surface area contributed by atoms with Gasteiger partial charge in [-0.15, -0.1) is 0 Å². The molecule has 0 unspecified atom stereocenters. The number of aryl methyl sites for hydroxylation is 1. The van der Waals surface area contributed by atoms with Gasteiger partial charge in [-0.3, -0.25) is 9.78 Å². The third-order valence-corrected chi connectivity index (χ3v) is 5.48. The largest absolute Gasteiger partial charge is 0.362 e. The van der Waals surface area contributed by atoms with Crippen molar-refractivity contribution in [3.05, 3.63) is 72.3 Å². The summed E-state index contributed by atoms with van der Waals surface area (Å²) in [5, 5.41) is 6.36. The fourth-order valence-electron chi connectivity index (χ4n) is 3.79. The number of aromatic nitrogens is 6. The van der Waals surface area contributed by atoms with Gasteiger partial charge in [0.2, 0.25) is 0 Å². The van der Waals surface area contributed by atoms with Gasteiger partial charge in [0.1, 0.15) is 17.5 Å². The van der Waals surface area contributed by atoms with Crippen LogP contribution in [0, 0.1) is 6.92 Å². The van der Waals surface area contributed by atoms with E-state index in [1.807, 2.05) is 37.3 Å². The summed E-state index contributed by atoms with van der Waals surface area (Å²) in [6, 6.07) is 11.6. The van der Waals surface area contributed by atoms with E-state index in [0.717, 1.165) is 35.4 Å². The zero-order chi connectivity index (χ0) is 21.2. The van der Waals surface area contributed by atoms with Gasteiger partial charge in [0.05, 0.1) is 18.6 Å². The van der Waals surface area contributed by atoms with Crippen molar-refractivity contribution in [3.8, 4) is 0 Å². The maximum absolute atomic E-state index is 12.4. The number of imidazole rings is 1. The highest BCUT2D eigenvalue weighted by Crippen LogP contribution is 2.35. The Labute approximate surface area is 179 Å². The molecule has 0 aliphatic heterocycles. The van der Waals surface area contributed by atoms with Gasteiger partial charge in [-0.1, -0.05) is 12.1 Å². The summed E-state index contributed by atoms with van der Waals surface area (Å²) in [5.41, 5.74) is 3.72. The molecule has 9 nitrogen and oxygen atoms in total. The Kier molecular flexibility index (Phi) is 4.99. The molecule has 156 valence electrons. The van der Waals surface area contributed by atoms with Crippen LogP contribution in [-0.2, 0) is 6.54 Å². The number of nitrogens with one attached hydrogen (secondary N) is 2. The number of pyridine rings is 2. The van der Waals surface area contributed by atoms with Crippen LogP contribution >= 0.6 is 0 Å². The number of hydrogen-bond acceptors (Lipinski definition) is 7. The SMILES string of the molecule is Cc1cccc(C(=O)NC2CC(n3cnc4c(NCc5ccccn5)ncnc43)C2)n1. The maximum Gasteiger partial charge on any atom is 0.270 e. The van der Waals surface area contributed by atoms with Crippen LogP contribution in [-0.4, -0.2) is 41.4 Å². The second kappa shape index (κ2) is 8.10. The molecule has 31 heavy (non-hydrogen) atoms. The summed E-state index contributed by atoms with van der Waals surface area (Å²) in [6.45, 7) is 2.44. The van der Waals surface area contributed by atoms with Crippen LogP contribution in [0.25, 0.3) is 11.2 Å². The van der Waals surface area contributed by atoms with E-state index in [1.165, 1.54) is 0 Å². The summed E-state index contributed by atoms with van der Waals surface area (Å²) in [6.07, 6.45) is 6.76. The Morgan fingerprint density at radius 1 is 1.10 bits per heavy atom. The monoisotopic (exact) mass is 414 g/mol. The van der Waals surface area contributed by atoms with Gasteiger partial charge in [-0.05, 0) is 44.0 Å². The lowest BCUT2D eigenvalue weighted by Crippen LogP contribution is -2.45. The van der Waals surface area contributed by atoms with E-state index < -0.39 is 0 Å². The van der Waals surface area contributed by atoms with Crippen LogP contribution in [0.5, 0.6) is 0 Å². The number of amides is 1. The van der Waals surface area contributed by atoms with Crippen LogP contribution in [0.15, 0.2) is 55.2 Å². The van der Waals surface area contributed by atoms with E-state index in [9.17, 15) is 4.79 Å². The molecule has 1 aliphatic rings. The number of hydrogen-bond donors (Lipinski definition) is 2. The normalized spacial score (nSPS) is 17.8. The number of carbonyl (C=O) groups is 1. The van der Waals surface area contributed by atoms with Crippen LogP contribution in [0.4, 0.5) is 5.82 Å². The molecule has 0 bridgehead atoms. The third-order valence-electron chi connectivity index (χ3n) is 5.48. The summed E-state index contributed by atoms with van der Waals surface area (Å²) in [4.78, 5) is 34.3. The van der Waals surface area contributed by atoms with Gasteiger partial charge >= 0.3 is 0 Å². The number of carbonyl (C=O) groups excluding carboxylic acids is 1. The van der Waals surface area contributed by atoms with Gasteiger partial charge in [-0.25, -0.2) is 19.9 Å². The fourth-order valence-corrected chi connectivity index (χ4v) is 3.79. The molecule has 2 N–H and O–H groups in total. The minimum absolute atomic E-state index is 0.112. The highest BCUT2D eigenvalue weighted by molar-refractivity contribution is 5.92. The van der Waals surface area contributed by atoms with Crippen LogP contribution in [0.3, 0.4) is 0 Å². The molecular weight excluding hydrogens is 392 g/mol. The zero-order valence-electron chi connectivity index (χ0n) is 17.1. The molecule has 1 amide bonds. The highest BCUT2D eigenvalue weighted by atomic mass is 16.1. The number of anilines is 1. The predicted molar refractivity (Wildman–Crippen MR) is 115 cm³/mol. The lowest BCUT2D eigenvalue weighted by molar-refractivity contribution is 0.0889. The topological polar surface area (TPSA) is 111 Å². The molecule has 4 aromatic heterocycles. The minimum atomic E-state index is -0.133. The van der Waals surface area contributed by atoms with Gasteiger partial charge in [-0.2, -0.15) is 0 Å². The van der Waals surface area contributed by atoms with Crippen LogP contribution in [0.1, 0.15) is 40.8 Å². The molecule has 5 rings (SSSR count). The Balaban J connectivity index is 1.24.